The fourth-order valence-electron chi connectivity index (χ4n) is 6.84. The zero-order chi connectivity index (χ0) is 56.2. The second-order valence-corrected chi connectivity index (χ2v) is 20.9. The van der Waals surface area contributed by atoms with Crippen LogP contribution in [0.25, 0.3) is 0 Å². The van der Waals surface area contributed by atoms with Gasteiger partial charge in [0.2, 0.25) is 35.4 Å². The molecule has 2 aliphatic rings. The van der Waals surface area contributed by atoms with Gasteiger partial charge in [-0.2, -0.15) is 23.5 Å². The van der Waals surface area contributed by atoms with Crippen LogP contribution in [0.2, 0.25) is 0 Å². The van der Waals surface area contributed by atoms with Gasteiger partial charge in [0, 0.05) is 75.5 Å². The van der Waals surface area contributed by atoms with Crippen LogP contribution < -0.4 is 21.3 Å². The Balaban J connectivity index is 1.70. The van der Waals surface area contributed by atoms with Crippen molar-refractivity contribution < 1.29 is 76.7 Å². The number of hydrogen-bond donors (Lipinski definition) is 4. The molecule has 0 aromatic heterocycles. The Morgan fingerprint density at radius 2 is 0.961 bits per heavy atom. The van der Waals surface area contributed by atoms with Crippen molar-refractivity contribution in [2.45, 2.75) is 49.5 Å². The molecule has 0 unspecified atom stereocenters. The first kappa shape index (κ1) is 61.5. The number of nitro benzene ring substituents is 2. The first-order valence-corrected chi connectivity index (χ1v) is 27.8. The van der Waals surface area contributed by atoms with Crippen molar-refractivity contribution in [3.8, 4) is 0 Å². The van der Waals surface area contributed by atoms with Crippen LogP contribution in [0.15, 0.2) is 48.5 Å². The number of amides is 8. The van der Waals surface area contributed by atoms with E-state index in [9.17, 15) is 68.2 Å². The molecule has 32 heteroatoms. The van der Waals surface area contributed by atoms with Crippen LogP contribution in [0.5, 0.6) is 0 Å². The highest BCUT2D eigenvalue weighted by molar-refractivity contribution is 8.76. The van der Waals surface area contributed by atoms with Gasteiger partial charge in [-0.15, -0.1) is 0 Å². The molecular weight excluding hydrogens is 1080 g/mol. The normalized spacial score (nSPS) is 22.3. The smallest absolute Gasteiger partial charge is 0.408 e. The zero-order valence-corrected chi connectivity index (χ0v) is 45.1. The molecule has 28 nitrogen and oxygen atoms in total. The minimum atomic E-state index is -1.73. The van der Waals surface area contributed by atoms with E-state index in [0.29, 0.717) is 11.1 Å². The highest BCUT2D eigenvalue weighted by Gasteiger charge is 2.40. The van der Waals surface area contributed by atoms with Gasteiger partial charge in [-0.25, -0.2) is 19.2 Å². The van der Waals surface area contributed by atoms with Gasteiger partial charge in [0.15, 0.2) is 0 Å². The Kier molecular flexibility index (Phi) is 24.2. The first-order chi connectivity index (χ1) is 36.1. The van der Waals surface area contributed by atoms with E-state index in [1.807, 2.05) is 0 Å². The third kappa shape index (κ3) is 17.8. The summed E-state index contributed by atoms with van der Waals surface area (Å²) in [6, 6.07) is 1.10. The standard InChI is InChI=1S/C44H56N10O18S4/c1-49-31-23-75-76-24-32(40(60)52(4)34(22-74-6)42(62)70-19-29(37(57)45-15-35(49)55)47-43(63)71-17-25-7-11-27(12-8-25)53(65)66)50(2)36(56)16-46-38(58)30(20-69-41(61)33(21-73-5)51(3)39(31)59)48-44(64)72-18-26-9-13-28(14-10-26)54(67)68/h7-14,29-34H,15-24H2,1-6H3,(H,45,57)(H,46,58)(H,47,63)(H,48,64)/t29-,30-,31+,32+,33+,34+/m1/s1. The predicted octanol–water partition coefficient (Wildman–Crippen LogP) is 0.154. The molecule has 2 bridgehead atoms. The second kappa shape index (κ2) is 29.9. The number of carbonyl (C=O) groups is 10. The maximum Gasteiger partial charge on any atom is 0.408 e. The van der Waals surface area contributed by atoms with Crippen LogP contribution in [0.4, 0.5) is 21.0 Å². The highest BCUT2D eigenvalue weighted by Crippen LogP contribution is 2.28. The van der Waals surface area contributed by atoms with E-state index in [4.69, 9.17) is 18.9 Å². The number of fused-ring (bicyclic) bond motifs is 5. The summed E-state index contributed by atoms with van der Waals surface area (Å²) in [5.74, 6) is -8.04. The van der Waals surface area contributed by atoms with Crippen LogP contribution in [0.1, 0.15) is 11.1 Å². The Bertz CT molecular complexity index is 2310. The summed E-state index contributed by atoms with van der Waals surface area (Å²) in [7, 11) is 7.10. The van der Waals surface area contributed by atoms with E-state index < -0.39 is 145 Å². The van der Waals surface area contributed by atoms with Gasteiger partial charge in [0.05, 0.1) is 22.9 Å². The summed E-state index contributed by atoms with van der Waals surface area (Å²) in [6.07, 6.45) is 0.857. The molecule has 76 heavy (non-hydrogen) atoms. The zero-order valence-electron chi connectivity index (χ0n) is 41.8. The molecule has 414 valence electrons. The SMILES string of the molecule is CSC[C@H]1C(=O)OC[C@@H](NC(=O)OCc2ccc([N+](=O)[O-])cc2)C(=O)NCC(=O)N(C)[C@H]2CSSC[C@@H](C(=O)N1C)N(C)C(=O)CNC(=O)[C@H](NC(=O)OCc1ccc([N+](=O)[O-])cc1)COC(=O)[C@H](CSC)N(C)C2=O. The van der Waals surface area contributed by atoms with Crippen molar-refractivity contribution in [2.24, 2.45) is 0 Å². The van der Waals surface area contributed by atoms with Gasteiger partial charge in [0.1, 0.15) is 62.7 Å². The number of nitrogens with one attached hydrogen (secondary N) is 4. The van der Waals surface area contributed by atoms with Crippen molar-refractivity contribution in [3.63, 3.8) is 0 Å². The van der Waals surface area contributed by atoms with Crippen LogP contribution in [0, 0.1) is 20.2 Å². The number of carbonyl (C=O) groups excluding carboxylic acids is 10. The molecule has 6 atom stereocenters. The molecular formula is C44H56N10O18S4. The molecule has 0 aliphatic carbocycles. The van der Waals surface area contributed by atoms with E-state index in [-0.39, 0.29) is 34.4 Å². The van der Waals surface area contributed by atoms with Crippen molar-refractivity contribution in [3.05, 3.63) is 79.9 Å². The largest absolute Gasteiger partial charge is 0.461 e. The van der Waals surface area contributed by atoms with Gasteiger partial charge in [-0.3, -0.25) is 49.0 Å². The molecule has 4 rings (SSSR count). The minimum absolute atomic E-state index is 0.0735. The molecule has 4 N–H and O–H groups in total. The van der Waals surface area contributed by atoms with Gasteiger partial charge in [-0.05, 0) is 47.9 Å². The summed E-state index contributed by atoms with van der Waals surface area (Å²) in [6.45, 7) is -4.12. The Morgan fingerprint density at radius 1 is 0.618 bits per heavy atom. The summed E-state index contributed by atoms with van der Waals surface area (Å²) in [5, 5.41) is 31.4. The number of nitrogens with zero attached hydrogens (tertiary/aromatic N) is 6. The quantitative estimate of drug-likeness (QED) is 0.0723. The molecule has 0 spiro atoms. The van der Waals surface area contributed by atoms with Gasteiger partial charge < -0.3 is 59.8 Å². The number of cyclic esters (lactones) is 2. The Morgan fingerprint density at radius 3 is 1.28 bits per heavy atom. The van der Waals surface area contributed by atoms with Crippen LogP contribution in [0.3, 0.4) is 0 Å². The maximum absolute atomic E-state index is 14.6. The molecule has 2 aromatic rings. The van der Waals surface area contributed by atoms with Gasteiger partial charge >= 0.3 is 24.1 Å². The third-order valence-electron chi connectivity index (χ3n) is 11.5. The van der Waals surface area contributed by atoms with Gasteiger partial charge in [0.25, 0.3) is 11.4 Å². The number of benzene rings is 2. The second-order valence-electron chi connectivity index (χ2n) is 16.5. The van der Waals surface area contributed by atoms with Crippen molar-refractivity contribution in [1.29, 1.82) is 0 Å². The third-order valence-corrected chi connectivity index (χ3v) is 15.2. The lowest BCUT2D eigenvalue weighted by atomic mass is 10.2. The van der Waals surface area contributed by atoms with E-state index in [2.05, 4.69) is 21.3 Å². The Labute approximate surface area is 451 Å². The lowest BCUT2D eigenvalue weighted by molar-refractivity contribution is -0.385. The van der Waals surface area contributed by atoms with Gasteiger partial charge in [-0.1, -0.05) is 21.6 Å². The van der Waals surface area contributed by atoms with E-state index in [0.717, 1.165) is 64.7 Å². The van der Waals surface area contributed by atoms with E-state index >= 15 is 0 Å². The average molecular weight is 1140 g/mol. The summed E-state index contributed by atoms with van der Waals surface area (Å²) in [5.41, 5.74) is 0.243. The number of rotatable bonds is 12. The fourth-order valence-corrected chi connectivity index (χ4v) is 10.7. The molecule has 8 amide bonds. The number of alkyl carbamates (subject to hydrolysis) is 2. The van der Waals surface area contributed by atoms with Crippen LogP contribution in [-0.2, 0) is 70.5 Å². The maximum atomic E-state index is 14.6. The van der Waals surface area contributed by atoms with E-state index in [1.54, 1.807) is 12.5 Å². The van der Waals surface area contributed by atoms with Crippen molar-refractivity contribution >= 4 is 116 Å². The fraction of sp³-hybridized carbons (Fsp3) is 0.500. The summed E-state index contributed by atoms with van der Waals surface area (Å²) in [4.78, 5) is 163. The average Bonchev–Trinajstić information content (AvgIpc) is 3.40. The molecule has 2 aromatic carbocycles. The molecule has 2 saturated heterocycles. The number of likely N-dealkylation sites (N-methyl/N-ethyl adjacent to an activating group) is 4. The number of thioether (sulfide) groups is 2. The first-order valence-electron chi connectivity index (χ1n) is 22.6. The number of non-ortho nitro benzene ring substituents is 2. The number of esters is 2. The van der Waals surface area contributed by atoms with Crippen LogP contribution in [-0.4, -0.2) is 215 Å². The van der Waals surface area contributed by atoms with Crippen molar-refractivity contribution in [1.82, 2.24) is 40.9 Å². The van der Waals surface area contributed by atoms with E-state index in [1.165, 1.54) is 76.7 Å². The lowest BCUT2D eigenvalue weighted by Crippen LogP contribution is -2.58. The number of nitro groups is 2. The minimum Gasteiger partial charge on any atom is -0.461 e. The molecule has 0 radical (unpaired) electrons. The van der Waals surface area contributed by atoms with Crippen molar-refractivity contribution in [2.75, 3.05) is 90.0 Å². The number of ether oxygens (including phenoxy) is 4. The monoisotopic (exact) mass is 1140 g/mol. The molecule has 2 heterocycles. The summed E-state index contributed by atoms with van der Waals surface area (Å²) < 4.78 is 21.5. The highest BCUT2D eigenvalue weighted by atomic mass is 33.1. The molecule has 0 saturated carbocycles. The molecule has 2 aliphatic heterocycles. The predicted molar refractivity (Wildman–Crippen MR) is 276 cm³/mol. The topological polar surface area (TPSA) is 355 Å². The Hall–Kier alpha value is -7.06. The number of hydrogen-bond acceptors (Lipinski definition) is 22. The lowest BCUT2D eigenvalue weighted by Gasteiger charge is -2.35. The van der Waals surface area contributed by atoms with Crippen LogP contribution >= 0.6 is 45.1 Å². The molecule has 2 fully saturated rings. The summed E-state index contributed by atoms with van der Waals surface area (Å²) >= 11 is 2.27.